The summed E-state index contributed by atoms with van der Waals surface area (Å²) in [6, 6.07) is 11.5. The van der Waals surface area contributed by atoms with E-state index in [4.69, 9.17) is 5.73 Å². The van der Waals surface area contributed by atoms with Gasteiger partial charge in [-0.2, -0.15) is 0 Å². The maximum Gasteiger partial charge on any atom is 0.255 e. The van der Waals surface area contributed by atoms with Crippen LogP contribution in [0.1, 0.15) is 22.8 Å². The Hall–Kier alpha value is -1.88. The summed E-state index contributed by atoms with van der Waals surface area (Å²) in [5, 5.41) is 0. The van der Waals surface area contributed by atoms with Crippen molar-refractivity contribution in [2.75, 3.05) is 12.3 Å². The third kappa shape index (κ3) is 3.61. The molecule has 2 aromatic carbocycles. The Labute approximate surface area is 131 Å². The van der Waals surface area contributed by atoms with Gasteiger partial charge >= 0.3 is 0 Å². The zero-order valence-corrected chi connectivity index (χ0v) is 13.2. The molecule has 0 aliphatic rings. The topological polar surface area (TPSA) is 46.3 Å². The Morgan fingerprint density at radius 1 is 1.29 bits per heavy atom. The van der Waals surface area contributed by atoms with E-state index in [1.54, 1.807) is 4.90 Å². The summed E-state index contributed by atoms with van der Waals surface area (Å²) < 4.78 is 13.6. The van der Waals surface area contributed by atoms with Crippen molar-refractivity contribution in [2.45, 2.75) is 13.5 Å². The number of rotatable bonds is 4. The van der Waals surface area contributed by atoms with Crippen LogP contribution in [0.25, 0.3) is 0 Å². The van der Waals surface area contributed by atoms with Gasteiger partial charge in [0.2, 0.25) is 0 Å². The number of benzene rings is 2. The van der Waals surface area contributed by atoms with Crippen LogP contribution in [0.3, 0.4) is 0 Å². The van der Waals surface area contributed by atoms with Crippen LogP contribution in [0.5, 0.6) is 0 Å². The second-order valence-electron chi connectivity index (χ2n) is 4.64. The van der Waals surface area contributed by atoms with Gasteiger partial charge in [0.15, 0.2) is 0 Å². The number of amides is 1. The van der Waals surface area contributed by atoms with E-state index in [1.165, 1.54) is 18.2 Å². The summed E-state index contributed by atoms with van der Waals surface area (Å²) in [5.74, 6) is -0.540. The van der Waals surface area contributed by atoms with Crippen molar-refractivity contribution in [1.29, 1.82) is 0 Å². The molecule has 0 saturated carbocycles. The van der Waals surface area contributed by atoms with E-state index in [2.05, 4.69) is 15.9 Å². The molecule has 2 rings (SSSR count). The van der Waals surface area contributed by atoms with Gasteiger partial charge in [0.05, 0.1) is 5.56 Å². The minimum Gasteiger partial charge on any atom is -0.398 e. The summed E-state index contributed by atoms with van der Waals surface area (Å²) >= 11 is 3.23. The number of halogens is 2. The molecule has 0 fully saturated rings. The average molecular weight is 351 g/mol. The van der Waals surface area contributed by atoms with Crippen LogP contribution in [0.15, 0.2) is 46.9 Å². The van der Waals surface area contributed by atoms with E-state index >= 15 is 0 Å². The fourth-order valence-electron chi connectivity index (χ4n) is 2.04. The minimum absolute atomic E-state index is 0.160. The quantitative estimate of drug-likeness (QED) is 0.851. The summed E-state index contributed by atoms with van der Waals surface area (Å²) in [7, 11) is 0. The fraction of sp³-hybridized carbons (Fsp3) is 0.188. The van der Waals surface area contributed by atoms with E-state index in [9.17, 15) is 9.18 Å². The zero-order chi connectivity index (χ0) is 15.4. The van der Waals surface area contributed by atoms with Gasteiger partial charge in [-0.3, -0.25) is 4.79 Å². The van der Waals surface area contributed by atoms with E-state index in [-0.39, 0.29) is 11.7 Å². The second-order valence-corrected chi connectivity index (χ2v) is 5.50. The van der Waals surface area contributed by atoms with E-state index < -0.39 is 0 Å². The first-order valence-electron chi connectivity index (χ1n) is 6.60. The molecule has 0 spiro atoms. The van der Waals surface area contributed by atoms with E-state index in [1.807, 2.05) is 31.2 Å². The SMILES string of the molecule is CCN(Cc1ccccc1N)C(=O)c1ccc(F)cc1Br. The third-order valence-electron chi connectivity index (χ3n) is 3.25. The molecule has 0 radical (unpaired) electrons. The van der Waals surface area contributed by atoms with Crippen molar-refractivity contribution in [3.8, 4) is 0 Å². The van der Waals surface area contributed by atoms with Crippen LogP contribution >= 0.6 is 15.9 Å². The summed E-state index contributed by atoms with van der Waals surface area (Å²) in [5.41, 5.74) is 7.90. The van der Waals surface area contributed by atoms with Crippen LogP contribution in [-0.2, 0) is 6.54 Å². The smallest absolute Gasteiger partial charge is 0.255 e. The number of para-hydroxylation sites is 1. The largest absolute Gasteiger partial charge is 0.398 e. The second kappa shape index (κ2) is 6.72. The highest BCUT2D eigenvalue weighted by Gasteiger charge is 2.18. The Bertz CT molecular complexity index is 660. The first-order chi connectivity index (χ1) is 10.0. The number of nitrogens with two attached hydrogens (primary N) is 1. The van der Waals surface area contributed by atoms with Crippen LogP contribution in [0, 0.1) is 5.82 Å². The van der Waals surface area contributed by atoms with Crippen molar-refractivity contribution in [3.05, 3.63) is 63.9 Å². The van der Waals surface area contributed by atoms with E-state index in [0.717, 1.165) is 5.56 Å². The van der Waals surface area contributed by atoms with E-state index in [0.29, 0.717) is 28.8 Å². The van der Waals surface area contributed by atoms with Gasteiger partial charge in [0.1, 0.15) is 5.82 Å². The Morgan fingerprint density at radius 3 is 2.62 bits per heavy atom. The Kier molecular flexibility index (Phi) is 4.96. The molecule has 1 amide bonds. The number of nitrogens with zero attached hydrogens (tertiary/aromatic N) is 1. The number of nitrogen functional groups attached to an aromatic ring is 1. The van der Waals surface area contributed by atoms with Gasteiger partial charge in [-0.25, -0.2) is 4.39 Å². The van der Waals surface area contributed by atoms with Crippen molar-refractivity contribution in [1.82, 2.24) is 4.90 Å². The lowest BCUT2D eigenvalue weighted by atomic mass is 10.1. The van der Waals surface area contributed by atoms with Crippen LogP contribution in [0.2, 0.25) is 0 Å². The molecule has 0 bridgehead atoms. The molecule has 2 N–H and O–H groups in total. The molecule has 21 heavy (non-hydrogen) atoms. The van der Waals surface area contributed by atoms with Gasteiger partial charge in [-0.1, -0.05) is 18.2 Å². The Balaban J connectivity index is 2.25. The predicted octanol–water partition coefficient (Wildman–Crippen LogP) is 3.83. The minimum atomic E-state index is -0.381. The van der Waals surface area contributed by atoms with Crippen molar-refractivity contribution in [3.63, 3.8) is 0 Å². The summed E-state index contributed by atoms with van der Waals surface area (Å²) in [6.07, 6.45) is 0. The Morgan fingerprint density at radius 2 is 2.00 bits per heavy atom. The van der Waals surface area contributed by atoms with Gasteiger partial charge < -0.3 is 10.6 Å². The highest BCUT2D eigenvalue weighted by molar-refractivity contribution is 9.10. The molecule has 0 unspecified atom stereocenters. The lowest BCUT2D eigenvalue weighted by Gasteiger charge is -2.22. The zero-order valence-electron chi connectivity index (χ0n) is 11.6. The van der Waals surface area contributed by atoms with Gasteiger partial charge in [0, 0.05) is 23.2 Å². The van der Waals surface area contributed by atoms with Crippen molar-refractivity contribution < 1.29 is 9.18 Å². The predicted molar refractivity (Wildman–Crippen MR) is 85.4 cm³/mol. The summed E-state index contributed by atoms with van der Waals surface area (Å²) in [4.78, 5) is 14.2. The third-order valence-corrected chi connectivity index (χ3v) is 3.90. The van der Waals surface area contributed by atoms with Crippen LogP contribution in [-0.4, -0.2) is 17.4 Å². The van der Waals surface area contributed by atoms with Crippen LogP contribution < -0.4 is 5.73 Å². The first kappa shape index (κ1) is 15.5. The number of carbonyl (C=O) groups is 1. The number of carbonyl (C=O) groups excluding carboxylic acids is 1. The highest BCUT2D eigenvalue weighted by atomic mass is 79.9. The van der Waals surface area contributed by atoms with Gasteiger partial charge in [-0.05, 0) is 52.7 Å². The number of hydrogen-bond donors (Lipinski definition) is 1. The molecular formula is C16H16BrFN2O. The monoisotopic (exact) mass is 350 g/mol. The normalized spacial score (nSPS) is 10.4. The molecule has 0 aliphatic heterocycles. The molecular weight excluding hydrogens is 335 g/mol. The molecule has 2 aromatic rings. The first-order valence-corrected chi connectivity index (χ1v) is 7.40. The molecule has 110 valence electrons. The molecule has 3 nitrogen and oxygen atoms in total. The van der Waals surface area contributed by atoms with Crippen LogP contribution in [0.4, 0.5) is 10.1 Å². The number of anilines is 1. The fourth-order valence-corrected chi connectivity index (χ4v) is 2.56. The molecule has 0 atom stereocenters. The maximum absolute atomic E-state index is 13.1. The number of hydrogen-bond acceptors (Lipinski definition) is 2. The summed E-state index contributed by atoms with van der Waals surface area (Å²) in [6.45, 7) is 2.86. The van der Waals surface area contributed by atoms with Gasteiger partial charge in [0.25, 0.3) is 5.91 Å². The van der Waals surface area contributed by atoms with Crippen molar-refractivity contribution >= 4 is 27.5 Å². The molecule has 0 aromatic heterocycles. The molecule has 5 heteroatoms. The molecule has 0 aliphatic carbocycles. The molecule has 0 saturated heterocycles. The lowest BCUT2D eigenvalue weighted by molar-refractivity contribution is 0.0752. The van der Waals surface area contributed by atoms with Gasteiger partial charge in [-0.15, -0.1) is 0 Å². The highest BCUT2D eigenvalue weighted by Crippen LogP contribution is 2.21. The standard InChI is InChI=1S/C16H16BrFN2O/c1-2-20(10-11-5-3-4-6-15(11)19)16(21)13-8-7-12(18)9-14(13)17/h3-9H,2,10,19H2,1H3. The van der Waals surface area contributed by atoms with Crippen molar-refractivity contribution in [2.24, 2.45) is 0 Å². The average Bonchev–Trinajstić information content (AvgIpc) is 2.46. The molecule has 0 heterocycles. The lowest BCUT2D eigenvalue weighted by Crippen LogP contribution is -2.30. The maximum atomic E-state index is 13.1.